The van der Waals surface area contributed by atoms with Gasteiger partial charge in [-0.3, -0.25) is 10.1 Å². The van der Waals surface area contributed by atoms with Crippen molar-refractivity contribution in [1.29, 1.82) is 0 Å². The zero-order chi connectivity index (χ0) is 8.58. The molecular formula is C5H12NO3Si. The van der Waals surface area contributed by atoms with E-state index in [0.29, 0.717) is 0 Å². The maximum Gasteiger partial charge on any atom is 0.294 e. The van der Waals surface area contributed by atoms with Crippen LogP contribution in [0.15, 0.2) is 0 Å². The molecular weight excluding hydrogens is 150 g/mol. The summed E-state index contributed by atoms with van der Waals surface area (Å²) in [7, 11) is -2.20. The number of nitro groups is 1. The molecule has 0 saturated carbocycles. The smallest absolute Gasteiger partial charge is 0.294 e. The molecule has 0 spiro atoms. The largest absolute Gasteiger partial charge is 0.335 e. The van der Waals surface area contributed by atoms with Crippen molar-refractivity contribution in [3.8, 4) is 0 Å². The fourth-order valence-electron chi connectivity index (χ4n) is 0.274. The van der Waals surface area contributed by atoms with Gasteiger partial charge in [0, 0.05) is 11.8 Å². The minimum Gasteiger partial charge on any atom is -0.335 e. The molecule has 4 nitrogen and oxygen atoms in total. The monoisotopic (exact) mass is 162 g/mol. The van der Waals surface area contributed by atoms with Gasteiger partial charge in [-0.15, -0.1) is 0 Å². The first kappa shape index (κ1) is 9.58. The van der Waals surface area contributed by atoms with Crippen molar-refractivity contribution < 1.29 is 10.0 Å². The van der Waals surface area contributed by atoms with E-state index in [1.165, 1.54) is 0 Å². The standard InChI is InChI=1S/C5H12NO3Si/c1-5(7,6(8)9)10(2,3)4/h7H,1H2,2-4H3. The molecule has 0 heterocycles. The Morgan fingerprint density at radius 3 is 1.90 bits per heavy atom. The van der Waals surface area contributed by atoms with Gasteiger partial charge in [-0.25, -0.2) is 0 Å². The molecule has 10 heavy (non-hydrogen) atoms. The van der Waals surface area contributed by atoms with Gasteiger partial charge in [-0.05, 0) is 0 Å². The molecule has 1 atom stereocenters. The summed E-state index contributed by atoms with van der Waals surface area (Å²) < 4.78 is 0. The van der Waals surface area contributed by atoms with Gasteiger partial charge in [-0.1, -0.05) is 19.6 Å². The fourth-order valence-corrected chi connectivity index (χ4v) is 0.822. The third-order valence-electron chi connectivity index (χ3n) is 1.50. The Balaban J connectivity index is 4.57. The molecule has 0 rings (SSSR count). The predicted molar refractivity (Wildman–Crippen MR) is 40.6 cm³/mol. The molecule has 0 aliphatic heterocycles. The van der Waals surface area contributed by atoms with Crippen LogP contribution in [0.25, 0.3) is 0 Å². The quantitative estimate of drug-likeness (QED) is 0.281. The number of aliphatic hydroxyl groups is 1. The van der Waals surface area contributed by atoms with Gasteiger partial charge in [0.05, 0.1) is 0 Å². The average molecular weight is 162 g/mol. The second kappa shape index (κ2) is 2.32. The van der Waals surface area contributed by atoms with E-state index in [9.17, 15) is 15.2 Å². The van der Waals surface area contributed by atoms with Crippen LogP contribution in [0.4, 0.5) is 0 Å². The Morgan fingerprint density at radius 1 is 1.60 bits per heavy atom. The van der Waals surface area contributed by atoms with Gasteiger partial charge in [-0.2, -0.15) is 0 Å². The first-order valence-electron chi connectivity index (χ1n) is 2.92. The number of hydrogen-bond donors (Lipinski definition) is 1. The zero-order valence-corrected chi connectivity index (χ0v) is 7.42. The van der Waals surface area contributed by atoms with E-state index in [1.54, 1.807) is 19.6 Å². The van der Waals surface area contributed by atoms with Crippen molar-refractivity contribution >= 4 is 8.07 Å². The van der Waals surface area contributed by atoms with Crippen LogP contribution in [0.5, 0.6) is 0 Å². The first-order chi connectivity index (χ1) is 4.19. The summed E-state index contributed by atoms with van der Waals surface area (Å²) in [5, 5.41) is 17.4. The maximum atomic E-state index is 10.2. The summed E-state index contributed by atoms with van der Waals surface area (Å²) in [5.41, 5.74) is 0. The Kier molecular flexibility index (Phi) is 2.22. The molecule has 0 saturated heterocycles. The van der Waals surface area contributed by atoms with Crippen LogP contribution in [-0.2, 0) is 0 Å². The lowest BCUT2D eigenvalue weighted by Gasteiger charge is -2.25. The maximum absolute atomic E-state index is 10.2. The van der Waals surface area contributed by atoms with Gasteiger partial charge >= 0.3 is 0 Å². The zero-order valence-electron chi connectivity index (χ0n) is 6.42. The minimum absolute atomic E-state index is 0.723. The summed E-state index contributed by atoms with van der Waals surface area (Å²) >= 11 is 0. The molecule has 0 aromatic heterocycles. The van der Waals surface area contributed by atoms with E-state index in [1.807, 2.05) is 0 Å². The van der Waals surface area contributed by atoms with Crippen LogP contribution >= 0.6 is 0 Å². The fraction of sp³-hybridized carbons (Fsp3) is 0.800. The summed E-state index contributed by atoms with van der Waals surface area (Å²) in [4.78, 5) is 9.47. The molecule has 59 valence electrons. The van der Waals surface area contributed by atoms with E-state index in [2.05, 4.69) is 6.92 Å². The summed E-state index contributed by atoms with van der Waals surface area (Å²) in [6, 6.07) is 0. The highest BCUT2D eigenvalue weighted by Crippen LogP contribution is 2.19. The summed E-state index contributed by atoms with van der Waals surface area (Å²) in [6.07, 6.45) is 0. The van der Waals surface area contributed by atoms with E-state index in [-0.39, 0.29) is 0 Å². The molecule has 1 radical (unpaired) electrons. The van der Waals surface area contributed by atoms with E-state index >= 15 is 0 Å². The van der Waals surface area contributed by atoms with Crippen molar-refractivity contribution in [2.24, 2.45) is 0 Å². The van der Waals surface area contributed by atoms with Crippen LogP contribution in [0.1, 0.15) is 0 Å². The molecule has 0 aromatic rings. The molecule has 1 N–H and O–H groups in total. The highest BCUT2D eigenvalue weighted by molar-refractivity contribution is 6.78. The van der Waals surface area contributed by atoms with E-state index < -0.39 is 18.3 Å². The molecule has 1 unspecified atom stereocenters. The van der Waals surface area contributed by atoms with Gasteiger partial charge < -0.3 is 5.11 Å². The first-order valence-corrected chi connectivity index (χ1v) is 6.42. The molecule has 5 heteroatoms. The number of rotatable bonds is 2. The summed E-state index contributed by atoms with van der Waals surface area (Å²) in [6.45, 7) is 8.25. The molecule has 0 amide bonds. The van der Waals surface area contributed by atoms with Crippen LogP contribution in [0.3, 0.4) is 0 Å². The van der Waals surface area contributed by atoms with Gasteiger partial charge in [0.1, 0.15) is 0 Å². The van der Waals surface area contributed by atoms with Crippen LogP contribution < -0.4 is 0 Å². The SMILES string of the molecule is [CH2]C(O)([N+](=O)[O-])[Si](C)(C)C. The van der Waals surface area contributed by atoms with Crippen molar-refractivity contribution in [3.63, 3.8) is 0 Å². The highest BCUT2D eigenvalue weighted by Gasteiger charge is 2.48. The number of hydrogen-bond acceptors (Lipinski definition) is 3. The van der Waals surface area contributed by atoms with Gasteiger partial charge in [0.15, 0.2) is 8.07 Å². The Hall–Kier alpha value is -0.423. The highest BCUT2D eigenvalue weighted by atomic mass is 28.3. The molecule has 0 fully saturated rings. The minimum atomic E-state index is -2.20. The molecule has 0 aliphatic rings. The van der Waals surface area contributed by atoms with Crippen LogP contribution in [0.2, 0.25) is 19.6 Å². The average Bonchev–Trinajstić information content (AvgIpc) is 1.62. The second-order valence-corrected chi connectivity index (χ2v) is 8.62. The van der Waals surface area contributed by atoms with Gasteiger partial charge in [0.2, 0.25) is 0 Å². The van der Waals surface area contributed by atoms with E-state index in [0.717, 1.165) is 0 Å². The lowest BCUT2D eigenvalue weighted by Crippen LogP contribution is -2.55. The van der Waals surface area contributed by atoms with Crippen molar-refractivity contribution in [2.75, 3.05) is 0 Å². The lowest BCUT2D eigenvalue weighted by molar-refractivity contribution is -0.582. The normalized spacial score (nSPS) is 18.1. The Labute approximate surface area is 61.0 Å². The van der Waals surface area contributed by atoms with Crippen LogP contribution in [0, 0.1) is 17.0 Å². The third-order valence-corrected chi connectivity index (χ3v) is 4.09. The lowest BCUT2D eigenvalue weighted by atomic mass is 10.7. The Bertz CT molecular complexity index is 149. The Morgan fingerprint density at radius 2 is 1.90 bits per heavy atom. The molecule has 0 bridgehead atoms. The summed E-state index contributed by atoms with van der Waals surface area (Å²) in [5.74, 6) is 0. The predicted octanol–water partition coefficient (Wildman–Crippen LogP) is 0.663. The third kappa shape index (κ3) is 1.54. The molecule has 0 aliphatic carbocycles. The van der Waals surface area contributed by atoms with Crippen molar-refractivity contribution in [2.45, 2.75) is 25.0 Å². The van der Waals surface area contributed by atoms with Gasteiger partial charge in [0.25, 0.3) is 5.35 Å². The van der Waals surface area contributed by atoms with Crippen LogP contribution in [-0.4, -0.2) is 23.5 Å². The number of nitrogens with zero attached hydrogens (tertiary/aromatic N) is 1. The topological polar surface area (TPSA) is 63.4 Å². The molecule has 0 aromatic carbocycles. The second-order valence-electron chi connectivity index (χ2n) is 3.32. The van der Waals surface area contributed by atoms with Crippen molar-refractivity contribution in [1.82, 2.24) is 0 Å². The van der Waals surface area contributed by atoms with E-state index in [4.69, 9.17) is 0 Å². The van der Waals surface area contributed by atoms with Crippen molar-refractivity contribution in [3.05, 3.63) is 17.0 Å².